The minimum Gasteiger partial charge on any atom is -0.493 e. The second kappa shape index (κ2) is 13.5. The Morgan fingerprint density at radius 2 is 1.77 bits per heavy atom. The molecule has 0 radical (unpaired) electrons. The van der Waals surface area contributed by atoms with E-state index in [1.54, 1.807) is 38.6 Å². The molecule has 1 N–H and O–H groups in total. The molecule has 0 spiro atoms. The van der Waals surface area contributed by atoms with Crippen LogP contribution < -0.4 is 4.74 Å². The summed E-state index contributed by atoms with van der Waals surface area (Å²) >= 11 is 0. The smallest absolute Gasteiger partial charge is 0.410 e. The number of nitrogens with zero attached hydrogens (tertiary/aromatic N) is 5. The Bertz CT molecular complexity index is 1720. The van der Waals surface area contributed by atoms with Gasteiger partial charge in [0, 0.05) is 37.5 Å². The summed E-state index contributed by atoms with van der Waals surface area (Å²) in [7, 11) is 1.72. The Morgan fingerprint density at radius 1 is 1.02 bits per heavy atom. The number of rotatable bonds is 7. The van der Waals surface area contributed by atoms with Crippen LogP contribution in [-0.2, 0) is 18.4 Å². The van der Waals surface area contributed by atoms with Gasteiger partial charge in [-0.05, 0) is 76.2 Å². The molecule has 0 unspecified atom stereocenters. The summed E-state index contributed by atoms with van der Waals surface area (Å²) < 4.78 is 44.4. The number of halogens is 2. The summed E-state index contributed by atoms with van der Waals surface area (Å²) in [5.41, 5.74) is 2.48. The topological polar surface area (TPSA) is 93.0 Å². The minimum absolute atomic E-state index is 0.0318. The number of amides is 1. The highest BCUT2D eigenvalue weighted by molar-refractivity contribution is 5.95. The largest absolute Gasteiger partial charge is 0.493 e. The number of hydrogen-bond acceptors (Lipinski definition) is 7. The molecule has 4 aromatic rings. The highest BCUT2D eigenvalue weighted by Crippen LogP contribution is 2.39. The lowest BCUT2D eigenvalue weighted by atomic mass is 9.87. The monoisotopic (exact) mass is 647 g/mol. The number of alkyl halides is 1. The van der Waals surface area contributed by atoms with Gasteiger partial charge in [-0.2, -0.15) is 10.1 Å². The molecule has 0 aliphatic carbocycles. The molecule has 2 aromatic heterocycles. The van der Waals surface area contributed by atoms with Crippen molar-refractivity contribution in [1.29, 1.82) is 0 Å². The van der Waals surface area contributed by atoms with Crippen molar-refractivity contribution >= 4 is 17.0 Å². The molecule has 0 saturated carbocycles. The average Bonchev–Trinajstić information content (AvgIpc) is 3.38. The molecular weight excluding hydrogens is 604 g/mol. The molecule has 9 nitrogen and oxygen atoms in total. The molecule has 4 heterocycles. The summed E-state index contributed by atoms with van der Waals surface area (Å²) in [5, 5.41) is 15.4. The molecule has 0 bridgehead atoms. The molecule has 2 saturated heterocycles. The first kappa shape index (κ1) is 32.7. The number of aromatic hydroxyl groups is 1. The molecule has 2 aliphatic heterocycles. The van der Waals surface area contributed by atoms with E-state index in [2.05, 4.69) is 15.0 Å². The lowest BCUT2D eigenvalue weighted by Crippen LogP contribution is -2.50. The molecule has 2 atom stereocenters. The van der Waals surface area contributed by atoms with Crippen LogP contribution in [-0.4, -0.2) is 80.3 Å². The van der Waals surface area contributed by atoms with E-state index in [1.165, 1.54) is 11.0 Å². The van der Waals surface area contributed by atoms with Crippen molar-refractivity contribution in [2.75, 3.05) is 32.7 Å². The molecule has 2 aromatic carbocycles. The van der Waals surface area contributed by atoms with Gasteiger partial charge in [0.2, 0.25) is 11.8 Å². The Balaban J connectivity index is 1.12. The van der Waals surface area contributed by atoms with Crippen LogP contribution in [0.4, 0.5) is 13.6 Å². The number of carbonyl (C=O) groups excluding carboxylic acids is 1. The first-order valence-corrected chi connectivity index (χ1v) is 16.3. The van der Waals surface area contributed by atoms with Gasteiger partial charge in [0.15, 0.2) is 5.82 Å². The Morgan fingerprint density at radius 3 is 2.47 bits per heavy atom. The molecule has 47 heavy (non-hydrogen) atoms. The summed E-state index contributed by atoms with van der Waals surface area (Å²) in [6.07, 6.45) is 0.543. The van der Waals surface area contributed by atoms with E-state index in [9.17, 15) is 9.90 Å². The van der Waals surface area contributed by atoms with Crippen LogP contribution in [0.1, 0.15) is 57.1 Å². The summed E-state index contributed by atoms with van der Waals surface area (Å²) in [5.74, 6) is -0.368. The number of hydrogen-bond donors (Lipinski definition) is 1. The van der Waals surface area contributed by atoms with Crippen molar-refractivity contribution in [3.8, 4) is 23.0 Å². The second-order valence-corrected chi connectivity index (χ2v) is 13.7. The van der Waals surface area contributed by atoms with Crippen molar-refractivity contribution in [3.63, 3.8) is 0 Å². The highest BCUT2D eigenvalue weighted by Gasteiger charge is 2.35. The van der Waals surface area contributed by atoms with Crippen LogP contribution in [0, 0.1) is 11.7 Å². The van der Waals surface area contributed by atoms with E-state index in [4.69, 9.17) is 9.47 Å². The van der Waals surface area contributed by atoms with Crippen molar-refractivity contribution in [1.82, 2.24) is 24.6 Å². The number of fused-ring (bicyclic) bond motifs is 1. The van der Waals surface area contributed by atoms with Crippen LogP contribution in [0.15, 0.2) is 54.6 Å². The zero-order chi connectivity index (χ0) is 33.3. The van der Waals surface area contributed by atoms with Crippen LogP contribution in [0.5, 0.6) is 11.8 Å². The van der Waals surface area contributed by atoms with Gasteiger partial charge in [-0.3, -0.25) is 4.68 Å². The number of likely N-dealkylation sites (tertiary alicyclic amines) is 2. The van der Waals surface area contributed by atoms with E-state index in [0.29, 0.717) is 47.2 Å². The molecular formula is C36H43F2N5O4. The number of benzene rings is 2. The molecule has 6 rings (SSSR count). The van der Waals surface area contributed by atoms with Crippen molar-refractivity contribution < 1.29 is 28.2 Å². The molecule has 11 heteroatoms. The van der Waals surface area contributed by atoms with Gasteiger partial charge in [-0.15, -0.1) is 0 Å². The molecule has 250 valence electrons. The zero-order valence-corrected chi connectivity index (χ0v) is 27.5. The van der Waals surface area contributed by atoms with E-state index < -0.39 is 17.9 Å². The Kier molecular flexibility index (Phi) is 9.36. The van der Waals surface area contributed by atoms with Crippen LogP contribution in [0.2, 0.25) is 0 Å². The maximum atomic E-state index is 16.3. The third-order valence-corrected chi connectivity index (χ3v) is 9.14. The fourth-order valence-corrected chi connectivity index (χ4v) is 6.71. The first-order chi connectivity index (χ1) is 22.5. The van der Waals surface area contributed by atoms with Crippen LogP contribution in [0.25, 0.3) is 22.2 Å². The van der Waals surface area contributed by atoms with Gasteiger partial charge in [0.05, 0.1) is 12.1 Å². The van der Waals surface area contributed by atoms with Crippen LogP contribution >= 0.6 is 0 Å². The maximum absolute atomic E-state index is 16.3. The number of pyridine rings is 1. The number of aromatic nitrogens is 3. The number of piperidine rings is 2. The minimum atomic E-state index is -1.11. The Hall–Kier alpha value is -4.25. The van der Waals surface area contributed by atoms with Crippen molar-refractivity contribution in [3.05, 3.63) is 71.5 Å². The maximum Gasteiger partial charge on any atom is 0.410 e. The fraction of sp³-hybridized carbons (Fsp3) is 0.472. The number of carbonyl (C=O) groups is 1. The van der Waals surface area contributed by atoms with Gasteiger partial charge < -0.3 is 24.4 Å². The molecule has 2 fully saturated rings. The van der Waals surface area contributed by atoms with Crippen molar-refractivity contribution in [2.45, 2.75) is 64.3 Å². The van der Waals surface area contributed by atoms with Gasteiger partial charge in [0.25, 0.3) is 0 Å². The fourth-order valence-electron chi connectivity index (χ4n) is 6.71. The van der Waals surface area contributed by atoms with Gasteiger partial charge in [0.1, 0.15) is 29.6 Å². The number of aryl methyl sites for hydroxylation is 1. The third kappa shape index (κ3) is 7.35. The summed E-state index contributed by atoms with van der Waals surface area (Å²) in [6.45, 7) is 8.33. The molecule has 1 amide bonds. The van der Waals surface area contributed by atoms with Gasteiger partial charge >= 0.3 is 6.09 Å². The Labute approximate surface area is 274 Å². The van der Waals surface area contributed by atoms with Gasteiger partial charge in [-0.1, -0.05) is 42.5 Å². The molecule has 2 aliphatic rings. The van der Waals surface area contributed by atoms with Crippen molar-refractivity contribution in [2.24, 2.45) is 13.0 Å². The summed E-state index contributed by atoms with van der Waals surface area (Å²) in [4.78, 5) is 20.4. The zero-order valence-electron chi connectivity index (χ0n) is 27.5. The van der Waals surface area contributed by atoms with E-state index >= 15 is 8.78 Å². The lowest BCUT2D eigenvalue weighted by molar-refractivity contribution is 0.000704. The highest BCUT2D eigenvalue weighted by atomic mass is 19.1. The summed E-state index contributed by atoms with van der Waals surface area (Å²) in [6, 6.07) is 16.6. The first-order valence-electron chi connectivity index (χ1n) is 16.3. The average molecular weight is 648 g/mol. The number of ether oxygens (including phenoxy) is 2. The van der Waals surface area contributed by atoms with E-state index in [0.717, 1.165) is 31.5 Å². The second-order valence-electron chi connectivity index (χ2n) is 13.7. The van der Waals surface area contributed by atoms with E-state index in [-0.39, 0.29) is 42.6 Å². The predicted molar refractivity (Wildman–Crippen MR) is 176 cm³/mol. The predicted octanol–water partition coefficient (Wildman–Crippen LogP) is 6.83. The van der Waals surface area contributed by atoms with Gasteiger partial charge in [-0.25, -0.2) is 13.6 Å². The standard InChI is InChI=1S/C36H43F2N5O4/c1-36(2,3)47-35(45)43-19-16-25(29(37)21-43)20-42-17-14-24(15-18-42)26-10-11-27-32(40-41(4)33(27)31(26)38)28-12-13-30(44)39-34(28)46-22-23-8-6-5-7-9-23/h5-13,24-25,29H,14-22H2,1-4H3,(H,39,44)/t25-,29-/m1/s1. The SMILES string of the molecule is Cn1nc(-c2ccc(O)nc2OCc2ccccc2)c2ccc(C3CCN(C[C@H]4CCN(C(=O)OC(C)(C)C)C[C@H]4F)CC3)c(F)c21. The van der Waals surface area contributed by atoms with Crippen LogP contribution in [0.3, 0.4) is 0 Å². The quantitative estimate of drug-likeness (QED) is 0.235. The third-order valence-electron chi connectivity index (χ3n) is 9.14. The lowest BCUT2D eigenvalue weighted by Gasteiger charge is -2.39. The van der Waals surface area contributed by atoms with E-state index in [1.807, 2.05) is 42.5 Å². The normalized spacial score (nSPS) is 19.7.